The van der Waals surface area contributed by atoms with Gasteiger partial charge in [0, 0.05) is 23.2 Å². The van der Waals surface area contributed by atoms with Crippen LogP contribution in [0.5, 0.6) is 0 Å². The van der Waals surface area contributed by atoms with Crippen LogP contribution in [-0.2, 0) is 17.1 Å². The lowest BCUT2D eigenvalue weighted by atomic mass is 9.90. The molecule has 0 unspecified atom stereocenters. The van der Waals surface area contributed by atoms with E-state index >= 15 is 0 Å². The first-order valence-electron chi connectivity index (χ1n) is 11.1. The van der Waals surface area contributed by atoms with Crippen molar-refractivity contribution in [3.63, 3.8) is 0 Å². The molecule has 3 N–H and O–H groups in total. The number of amides is 3. The highest BCUT2D eigenvalue weighted by Crippen LogP contribution is 2.30. The number of rotatable bonds is 6. The number of carbonyl (C=O) groups excluding carboxylic acids is 3. The lowest BCUT2D eigenvalue weighted by Crippen LogP contribution is -2.54. The van der Waals surface area contributed by atoms with E-state index in [9.17, 15) is 40.7 Å². The number of hydrogen-bond acceptors (Lipinski definition) is 3. The predicted molar refractivity (Wildman–Crippen MR) is 117 cm³/mol. The van der Waals surface area contributed by atoms with Gasteiger partial charge >= 0.3 is 12.4 Å². The first kappa shape index (κ1) is 27.0. The van der Waals surface area contributed by atoms with Gasteiger partial charge in [0.1, 0.15) is 0 Å². The van der Waals surface area contributed by atoms with Crippen LogP contribution >= 0.6 is 0 Å². The number of halogens is 6. The molecule has 36 heavy (non-hydrogen) atoms. The van der Waals surface area contributed by atoms with Crippen LogP contribution in [0.4, 0.5) is 26.3 Å². The van der Waals surface area contributed by atoms with E-state index < -0.39 is 59.8 Å². The van der Waals surface area contributed by atoms with Crippen LogP contribution < -0.4 is 16.0 Å². The normalized spacial score (nSPS) is 18.3. The molecular weight excluding hydrogens is 492 g/mol. The molecule has 1 aliphatic rings. The predicted octanol–water partition coefficient (Wildman–Crippen LogP) is 4.31. The van der Waals surface area contributed by atoms with E-state index in [1.165, 1.54) is 6.07 Å². The number of carbonyl (C=O) groups is 3. The summed E-state index contributed by atoms with van der Waals surface area (Å²) in [5.41, 5.74) is -2.09. The topological polar surface area (TPSA) is 87.3 Å². The van der Waals surface area contributed by atoms with Crippen molar-refractivity contribution in [1.29, 1.82) is 0 Å². The lowest BCUT2D eigenvalue weighted by Gasteiger charge is -2.33. The molecule has 12 heteroatoms. The van der Waals surface area contributed by atoms with Gasteiger partial charge in [-0.2, -0.15) is 26.3 Å². The van der Waals surface area contributed by atoms with Crippen molar-refractivity contribution >= 4 is 17.7 Å². The van der Waals surface area contributed by atoms with Crippen molar-refractivity contribution in [3.8, 4) is 0 Å². The minimum Gasteiger partial charge on any atom is -0.350 e. The van der Waals surface area contributed by atoms with Crippen LogP contribution in [-0.4, -0.2) is 36.3 Å². The van der Waals surface area contributed by atoms with Gasteiger partial charge in [-0.3, -0.25) is 14.4 Å². The summed E-state index contributed by atoms with van der Waals surface area (Å²) >= 11 is 0. The summed E-state index contributed by atoms with van der Waals surface area (Å²) in [6.45, 7) is -0.495. The van der Waals surface area contributed by atoms with E-state index in [1.54, 1.807) is 0 Å². The molecule has 1 saturated carbocycles. The average Bonchev–Trinajstić information content (AvgIpc) is 2.83. The molecule has 0 radical (unpaired) electrons. The Morgan fingerprint density at radius 1 is 0.722 bits per heavy atom. The summed E-state index contributed by atoms with van der Waals surface area (Å²) in [7, 11) is 0. The van der Waals surface area contributed by atoms with Gasteiger partial charge in [-0.15, -0.1) is 0 Å². The first-order valence-corrected chi connectivity index (χ1v) is 11.1. The van der Waals surface area contributed by atoms with Crippen LogP contribution in [0, 0.1) is 0 Å². The summed E-state index contributed by atoms with van der Waals surface area (Å²) in [6, 6.07) is 6.55. The summed E-state index contributed by atoms with van der Waals surface area (Å²) in [5.74, 6) is -2.05. The number of nitrogens with one attached hydrogen (secondary N) is 3. The Hall–Kier alpha value is -3.57. The number of hydrogen-bond donors (Lipinski definition) is 3. The minimum atomic E-state index is -4.62. The molecular formula is C24H23F6N3O3. The fourth-order valence-electron chi connectivity index (χ4n) is 3.90. The third-order valence-corrected chi connectivity index (χ3v) is 5.76. The summed E-state index contributed by atoms with van der Waals surface area (Å²) in [4.78, 5) is 37.1. The quantitative estimate of drug-likeness (QED) is 0.501. The molecule has 0 saturated heterocycles. The molecule has 0 aromatic heterocycles. The highest BCUT2D eigenvalue weighted by Gasteiger charge is 2.32. The molecule has 2 aromatic rings. The number of alkyl halides is 6. The van der Waals surface area contributed by atoms with Gasteiger partial charge in [0.25, 0.3) is 11.8 Å². The van der Waals surface area contributed by atoms with E-state index in [4.69, 9.17) is 0 Å². The maximum absolute atomic E-state index is 12.8. The SMILES string of the molecule is O=C(CNC(=O)c1cccc(C(F)(F)F)c1)N[C@@H]1CCCC[C@@H]1NC(=O)c1ccc(C(F)(F)F)cc1. The molecule has 2 atom stereocenters. The largest absolute Gasteiger partial charge is 0.416 e. The zero-order chi connectivity index (χ0) is 26.5. The molecule has 3 rings (SSSR count). The van der Waals surface area contributed by atoms with E-state index in [-0.39, 0.29) is 11.1 Å². The molecule has 0 bridgehead atoms. The van der Waals surface area contributed by atoms with Crippen molar-refractivity contribution in [3.05, 3.63) is 70.8 Å². The lowest BCUT2D eigenvalue weighted by molar-refractivity contribution is -0.138. The Morgan fingerprint density at radius 3 is 1.89 bits per heavy atom. The molecule has 1 fully saturated rings. The summed E-state index contributed by atoms with van der Waals surface area (Å²) < 4.78 is 76.7. The summed E-state index contributed by atoms with van der Waals surface area (Å²) in [5, 5.41) is 7.70. The Balaban J connectivity index is 1.55. The van der Waals surface area contributed by atoms with Crippen molar-refractivity contribution in [2.75, 3.05) is 6.54 Å². The van der Waals surface area contributed by atoms with Crippen molar-refractivity contribution in [2.45, 2.75) is 50.1 Å². The molecule has 0 spiro atoms. The van der Waals surface area contributed by atoms with E-state index in [0.717, 1.165) is 49.2 Å². The van der Waals surface area contributed by atoms with Crippen molar-refractivity contribution in [1.82, 2.24) is 16.0 Å². The monoisotopic (exact) mass is 515 g/mol. The maximum atomic E-state index is 12.8. The molecule has 2 aromatic carbocycles. The van der Waals surface area contributed by atoms with Crippen LogP contribution in [0.3, 0.4) is 0 Å². The Morgan fingerprint density at radius 2 is 1.31 bits per heavy atom. The van der Waals surface area contributed by atoms with Gasteiger partial charge in [-0.05, 0) is 55.3 Å². The van der Waals surface area contributed by atoms with Crippen LogP contribution in [0.25, 0.3) is 0 Å². The highest BCUT2D eigenvalue weighted by atomic mass is 19.4. The van der Waals surface area contributed by atoms with Crippen LogP contribution in [0.1, 0.15) is 57.5 Å². The average molecular weight is 515 g/mol. The van der Waals surface area contributed by atoms with Gasteiger partial charge in [-0.1, -0.05) is 18.9 Å². The Bertz CT molecular complexity index is 1100. The Labute approximate surface area is 202 Å². The second-order valence-corrected chi connectivity index (χ2v) is 8.37. The maximum Gasteiger partial charge on any atom is 0.416 e. The number of benzene rings is 2. The second-order valence-electron chi connectivity index (χ2n) is 8.37. The third-order valence-electron chi connectivity index (χ3n) is 5.76. The zero-order valence-electron chi connectivity index (χ0n) is 18.8. The van der Waals surface area contributed by atoms with Gasteiger partial charge in [-0.25, -0.2) is 0 Å². The molecule has 6 nitrogen and oxygen atoms in total. The van der Waals surface area contributed by atoms with Gasteiger partial charge < -0.3 is 16.0 Å². The van der Waals surface area contributed by atoms with E-state index in [1.807, 2.05) is 0 Å². The van der Waals surface area contributed by atoms with Gasteiger partial charge in [0.2, 0.25) is 5.91 Å². The Kier molecular flexibility index (Phi) is 8.26. The highest BCUT2D eigenvalue weighted by molar-refractivity contribution is 5.97. The van der Waals surface area contributed by atoms with E-state index in [0.29, 0.717) is 18.9 Å². The van der Waals surface area contributed by atoms with Crippen LogP contribution in [0.15, 0.2) is 48.5 Å². The molecule has 3 amide bonds. The standard InChI is InChI=1S/C24H23F6N3O3/c25-23(26,27)16-10-8-14(9-11-16)22(36)33-19-7-2-1-6-18(19)32-20(34)13-31-21(35)15-4-3-5-17(12-15)24(28,29)30/h3-5,8-12,18-19H,1-2,6-7,13H2,(H,31,35)(H,32,34)(H,33,36)/t18-,19+/m1/s1. The smallest absolute Gasteiger partial charge is 0.350 e. The van der Waals surface area contributed by atoms with E-state index in [2.05, 4.69) is 16.0 Å². The molecule has 0 heterocycles. The van der Waals surface area contributed by atoms with Gasteiger partial charge in [0.15, 0.2) is 0 Å². The third kappa shape index (κ3) is 7.22. The van der Waals surface area contributed by atoms with Crippen molar-refractivity contribution < 1.29 is 40.7 Å². The summed E-state index contributed by atoms with van der Waals surface area (Å²) in [6.07, 6.45) is -6.58. The second kappa shape index (κ2) is 11.0. The first-order chi connectivity index (χ1) is 16.8. The van der Waals surface area contributed by atoms with Crippen LogP contribution in [0.2, 0.25) is 0 Å². The molecule has 194 valence electrons. The van der Waals surface area contributed by atoms with Crippen molar-refractivity contribution in [2.24, 2.45) is 0 Å². The minimum absolute atomic E-state index is 0.0343. The molecule has 1 aliphatic carbocycles. The fourth-order valence-corrected chi connectivity index (χ4v) is 3.90. The fraction of sp³-hybridized carbons (Fsp3) is 0.375. The zero-order valence-corrected chi connectivity index (χ0v) is 18.8. The molecule has 0 aliphatic heterocycles. The van der Waals surface area contributed by atoms with Gasteiger partial charge in [0.05, 0.1) is 17.7 Å².